The number of nitrogens with one attached hydrogen (secondary N) is 1. The highest BCUT2D eigenvalue weighted by Crippen LogP contribution is 2.30. The van der Waals surface area contributed by atoms with Crippen LogP contribution in [0.1, 0.15) is 11.1 Å². The molecule has 1 aromatic heterocycles. The van der Waals surface area contributed by atoms with Crippen LogP contribution in [-0.2, 0) is 0 Å². The van der Waals surface area contributed by atoms with E-state index >= 15 is 0 Å². The lowest BCUT2D eigenvalue weighted by Crippen LogP contribution is -1.89. The van der Waals surface area contributed by atoms with Gasteiger partial charge in [0.15, 0.2) is 0 Å². The molecule has 78 valence electrons. The normalized spacial score (nSPS) is 10.5. The molecule has 0 atom stereocenters. The average Bonchev–Trinajstić information content (AvgIpc) is 2.50. The van der Waals surface area contributed by atoms with Crippen LogP contribution in [0.5, 0.6) is 5.88 Å². The molecule has 0 unspecified atom stereocenters. The van der Waals surface area contributed by atoms with E-state index in [2.05, 4.69) is 4.98 Å². The van der Waals surface area contributed by atoms with Crippen LogP contribution in [0.3, 0.4) is 0 Å². The summed E-state index contributed by atoms with van der Waals surface area (Å²) in [6.45, 7) is 4.03. The Labute approximate surface area is 91.0 Å². The van der Waals surface area contributed by atoms with Crippen LogP contribution in [-0.4, -0.2) is 10.1 Å². The molecule has 0 aliphatic carbocycles. The fourth-order valence-electron chi connectivity index (χ4n) is 1.40. The lowest BCUT2D eigenvalue weighted by atomic mass is 10.1. The van der Waals surface area contributed by atoms with Gasteiger partial charge >= 0.3 is 4.87 Å². The number of aromatic nitrogens is 1. The van der Waals surface area contributed by atoms with Crippen molar-refractivity contribution in [1.29, 1.82) is 0 Å². The molecule has 2 rings (SSSR count). The molecule has 0 saturated heterocycles. The maximum absolute atomic E-state index is 11.0. The fourth-order valence-corrected chi connectivity index (χ4v) is 2.12. The highest BCUT2D eigenvalue weighted by Gasteiger charge is 2.09. The predicted octanol–water partition coefficient (Wildman–Crippen LogP) is 2.43. The van der Waals surface area contributed by atoms with Gasteiger partial charge in [-0.3, -0.25) is 9.78 Å². The number of H-pyrrole nitrogens is 1. The first-order chi connectivity index (χ1) is 7.08. The standard InChI is InChI=1S/C11H11NO2S/c1-6-3-4-8(5-7(6)2)9-10(13)12-11(14)15-9/h3-5,13H,1-2H3,(H,12,14). The number of aromatic amines is 1. The molecule has 0 saturated carbocycles. The number of benzene rings is 1. The fraction of sp³-hybridized carbons (Fsp3) is 0.182. The van der Waals surface area contributed by atoms with E-state index in [4.69, 9.17) is 0 Å². The van der Waals surface area contributed by atoms with E-state index in [1.54, 1.807) is 0 Å². The SMILES string of the molecule is Cc1ccc(-c2sc(=O)[nH]c2O)cc1C. The first-order valence-electron chi connectivity index (χ1n) is 4.57. The first kappa shape index (κ1) is 9.98. The summed E-state index contributed by atoms with van der Waals surface area (Å²) < 4.78 is 0. The molecular formula is C11H11NO2S. The zero-order valence-corrected chi connectivity index (χ0v) is 9.31. The largest absolute Gasteiger partial charge is 0.493 e. The number of hydrogen-bond donors (Lipinski definition) is 2. The summed E-state index contributed by atoms with van der Waals surface area (Å²) in [5, 5.41) is 9.50. The Hall–Kier alpha value is -1.55. The molecule has 2 N–H and O–H groups in total. The second-order valence-electron chi connectivity index (χ2n) is 3.49. The maximum atomic E-state index is 11.0. The Morgan fingerprint density at radius 2 is 2.00 bits per heavy atom. The minimum absolute atomic E-state index is 0.0479. The van der Waals surface area contributed by atoms with E-state index in [0.717, 1.165) is 22.5 Å². The van der Waals surface area contributed by atoms with E-state index in [9.17, 15) is 9.90 Å². The minimum atomic E-state index is -0.235. The molecule has 0 amide bonds. The molecule has 4 heteroatoms. The molecule has 1 aromatic carbocycles. The highest BCUT2D eigenvalue weighted by molar-refractivity contribution is 7.13. The van der Waals surface area contributed by atoms with Gasteiger partial charge in [0.1, 0.15) is 0 Å². The Morgan fingerprint density at radius 1 is 1.27 bits per heavy atom. The molecule has 0 fully saturated rings. The van der Waals surface area contributed by atoms with Crippen molar-refractivity contribution in [3.63, 3.8) is 0 Å². The van der Waals surface area contributed by atoms with Gasteiger partial charge in [-0.2, -0.15) is 0 Å². The number of hydrogen-bond acceptors (Lipinski definition) is 3. The van der Waals surface area contributed by atoms with Gasteiger partial charge in [-0.05, 0) is 30.5 Å². The van der Waals surface area contributed by atoms with Crippen LogP contribution in [0.25, 0.3) is 10.4 Å². The van der Waals surface area contributed by atoms with Crippen molar-refractivity contribution in [2.24, 2.45) is 0 Å². The smallest absolute Gasteiger partial charge is 0.307 e. The quantitative estimate of drug-likeness (QED) is 0.777. The predicted molar refractivity (Wildman–Crippen MR) is 61.5 cm³/mol. The molecule has 1 heterocycles. The first-order valence-corrected chi connectivity index (χ1v) is 5.39. The molecule has 0 aliphatic heterocycles. The monoisotopic (exact) mass is 221 g/mol. The third-order valence-corrected chi connectivity index (χ3v) is 3.32. The van der Waals surface area contributed by atoms with E-state index in [1.165, 1.54) is 5.56 Å². The van der Waals surface area contributed by atoms with Gasteiger partial charge in [0, 0.05) is 0 Å². The Kier molecular flexibility index (Phi) is 2.36. The molecule has 0 bridgehead atoms. The van der Waals surface area contributed by atoms with Crippen LogP contribution in [0, 0.1) is 13.8 Å². The lowest BCUT2D eigenvalue weighted by Gasteiger charge is -2.02. The average molecular weight is 221 g/mol. The third kappa shape index (κ3) is 1.80. The summed E-state index contributed by atoms with van der Waals surface area (Å²) in [5.41, 5.74) is 3.22. The molecule has 3 nitrogen and oxygen atoms in total. The van der Waals surface area contributed by atoms with Gasteiger partial charge in [0.2, 0.25) is 5.88 Å². The molecule has 0 aliphatic rings. The molecule has 0 radical (unpaired) electrons. The van der Waals surface area contributed by atoms with Gasteiger partial charge in [-0.25, -0.2) is 0 Å². The molecule has 0 spiro atoms. The zero-order chi connectivity index (χ0) is 11.0. The summed E-state index contributed by atoms with van der Waals surface area (Å²) in [5.74, 6) is -0.0479. The van der Waals surface area contributed by atoms with Gasteiger partial charge in [0.25, 0.3) is 0 Å². The van der Waals surface area contributed by atoms with Crippen molar-refractivity contribution in [3.05, 3.63) is 39.0 Å². The second-order valence-corrected chi connectivity index (χ2v) is 4.47. The van der Waals surface area contributed by atoms with Crippen LogP contribution < -0.4 is 4.87 Å². The Morgan fingerprint density at radius 3 is 2.53 bits per heavy atom. The Balaban J connectivity index is 2.59. The molecule has 15 heavy (non-hydrogen) atoms. The van der Waals surface area contributed by atoms with Crippen molar-refractivity contribution in [3.8, 4) is 16.3 Å². The summed E-state index contributed by atoms with van der Waals surface area (Å²) in [6, 6.07) is 5.85. The molecular weight excluding hydrogens is 210 g/mol. The topological polar surface area (TPSA) is 53.1 Å². The van der Waals surface area contributed by atoms with Gasteiger partial charge < -0.3 is 5.11 Å². The maximum Gasteiger partial charge on any atom is 0.307 e. The van der Waals surface area contributed by atoms with Crippen molar-refractivity contribution >= 4 is 11.3 Å². The van der Waals surface area contributed by atoms with Crippen LogP contribution >= 0.6 is 11.3 Å². The summed E-state index contributed by atoms with van der Waals surface area (Å²) in [4.78, 5) is 13.8. The minimum Gasteiger partial charge on any atom is -0.493 e. The van der Waals surface area contributed by atoms with E-state index in [1.807, 2.05) is 32.0 Å². The summed E-state index contributed by atoms with van der Waals surface area (Å²) in [7, 11) is 0. The number of aryl methyl sites for hydroxylation is 2. The van der Waals surface area contributed by atoms with Gasteiger partial charge in [-0.15, -0.1) is 0 Å². The summed E-state index contributed by atoms with van der Waals surface area (Å²) >= 11 is 1.02. The highest BCUT2D eigenvalue weighted by atomic mass is 32.1. The van der Waals surface area contributed by atoms with Gasteiger partial charge in [-0.1, -0.05) is 29.5 Å². The summed E-state index contributed by atoms with van der Waals surface area (Å²) in [6.07, 6.45) is 0. The number of rotatable bonds is 1. The van der Waals surface area contributed by atoms with E-state index in [-0.39, 0.29) is 10.8 Å². The van der Waals surface area contributed by atoms with E-state index in [0.29, 0.717) is 4.88 Å². The van der Waals surface area contributed by atoms with Crippen LogP contribution in [0.2, 0.25) is 0 Å². The van der Waals surface area contributed by atoms with Crippen molar-refractivity contribution < 1.29 is 5.11 Å². The van der Waals surface area contributed by atoms with Crippen molar-refractivity contribution in [1.82, 2.24) is 4.98 Å². The number of aromatic hydroxyl groups is 1. The van der Waals surface area contributed by atoms with Gasteiger partial charge in [0.05, 0.1) is 4.88 Å². The Bertz CT molecular complexity index is 554. The third-order valence-electron chi connectivity index (χ3n) is 2.40. The van der Waals surface area contributed by atoms with Crippen molar-refractivity contribution in [2.45, 2.75) is 13.8 Å². The molecule has 2 aromatic rings. The van der Waals surface area contributed by atoms with Crippen LogP contribution in [0.4, 0.5) is 0 Å². The number of thiazole rings is 1. The second kappa shape index (κ2) is 3.55. The van der Waals surface area contributed by atoms with E-state index < -0.39 is 0 Å². The zero-order valence-electron chi connectivity index (χ0n) is 8.50. The lowest BCUT2D eigenvalue weighted by molar-refractivity contribution is 0.458. The van der Waals surface area contributed by atoms with Crippen molar-refractivity contribution in [2.75, 3.05) is 0 Å². The van der Waals surface area contributed by atoms with Crippen LogP contribution in [0.15, 0.2) is 23.0 Å².